The van der Waals surface area contributed by atoms with Gasteiger partial charge in [-0.25, -0.2) is 9.59 Å². The van der Waals surface area contributed by atoms with Crippen LogP contribution in [-0.2, 0) is 14.3 Å². The van der Waals surface area contributed by atoms with Gasteiger partial charge in [-0.05, 0) is 18.6 Å². The number of hydrogen-bond donors (Lipinski definition) is 0. The number of halogens is 2. The number of benzene rings is 1. The Morgan fingerprint density at radius 3 is 2.07 bits per heavy atom. The summed E-state index contributed by atoms with van der Waals surface area (Å²) in [4.78, 5) is 23.3. The summed E-state index contributed by atoms with van der Waals surface area (Å²) in [7, 11) is 0. The van der Waals surface area contributed by atoms with E-state index in [1.54, 1.807) is 12.1 Å². The fourth-order valence-electron chi connectivity index (χ4n) is 2.65. The zero-order valence-electron chi connectivity index (χ0n) is 16.6. The third-order valence-electron chi connectivity index (χ3n) is 4.22. The van der Waals surface area contributed by atoms with Crippen molar-refractivity contribution < 1.29 is 19.1 Å². The van der Waals surface area contributed by atoms with E-state index < -0.39 is 11.9 Å². The Bertz CT molecular complexity index is 629. The van der Waals surface area contributed by atoms with Crippen LogP contribution in [0.3, 0.4) is 0 Å². The maximum Gasteiger partial charge on any atom is 0.336 e. The van der Waals surface area contributed by atoms with E-state index in [0.717, 1.165) is 31.4 Å². The standard InChI is InChI=1S/C22H30Cl2O4/c1-2-3-4-5-6-7-8-9-10-11-17-27-20(25)15-16-21(26)28-19-14-12-13-18(23)22(19)24/h12-16H,2-11,17H2,1H3/b16-15+. The van der Waals surface area contributed by atoms with E-state index >= 15 is 0 Å². The van der Waals surface area contributed by atoms with E-state index in [2.05, 4.69) is 6.92 Å². The van der Waals surface area contributed by atoms with Gasteiger partial charge in [0, 0.05) is 12.2 Å². The van der Waals surface area contributed by atoms with Gasteiger partial charge in [0.1, 0.15) is 5.02 Å². The van der Waals surface area contributed by atoms with Crippen LogP contribution in [0.15, 0.2) is 30.4 Å². The molecule has 1 rings (SSSR count). The summed E-state index contributed by atoms with van der Waals surface area (Å²) >= 11 is 11.8. The van der Waals surface area contributed by atoms with E-state index in [1.807, 2.05) is 0 Å². The molecule has 4 nitrogen and oxygen atoms in total. The van der Waals surface area contributed by atoms with Gasteiger partial charge >= 0.3 is 11.9 Å². The minimum Gasteiger partial charge on any atom is -0.463 e. The van der Waals surface area contributed by atoms with E-state index in [4.69, 9.17) is 32.7 Å². The van der Waals surface area contributed by atoms with Crippen LogP contribution in [0.2, 0.25) is 10.0 Å². The van der Waals surface area contributed by atoms with Crippen LogP contribution >= 0.6 is 23.2 Å². The van der Waals surface area contributed by atoms with Crippen LogP contribution in [0.25, 0.3) is 0 Å². The first-order chi connectivity index (χ1) is 13.5. The Morgan fingerprint density at radius 2 is 1.43 bits per heavy atom. The number of ether oxygens (including phenoxy) is 2. The molecule has 0 amide bonds. The van der Waals surface area contributed by atoms with Gasteiger partial charge in [-0.2, -0.15) is 0 Å². The zero-order valence-corrected chi connectivity index (χ0v) is 18.1. The van der Waals surface area contributed by atoms with Gasteiger partial charge in [0.05, 0.1) is 11.6 Å². The molecule has 0 fully saturated rings. The van der Waals surface area contributed by atoms with Crippen molar-refractivity contribution in [1.29, 1.82) is 0 Å². The second kappa shape index (κ2) is 15.4. The quantitative estimate of drug-likeness (QED) is 0.139. The second-order valence-corrected chi connectivity index (χ2v) is 7.44. The first kappa shape index (κ1) is 24.5. The molecule has 0 unspecified atom stereocenters. The van der Waals surface area contributed by atoms with Crippen molar-refractivity contribution in [2.24, 2.45) is 0 Å². The van der Waals surface area contributed by atoms with Crippen molar-refractivity contribution in [3.05, 3.63) is 40.4 Å². The second-order valence-electron chi connectivity index (χ2n) is 6.66. The number of esters is 2. The fraction of sp³-hybridized carbons (Fsp3) is 0.545. The minimum atomic E-state index is -0.722. The number of hydrogen-bond acceptors (Lipinski definition) is 4. The topological polar surface area (TPSA) is 52.6 Å². The van der Waals surface area contributed by atoms with Gasteiger partial charge in [-0.3, -0.25) is 0 Å². The smallest absolute Gasteiger partial charge is 0.336 e. The zero-order chi connectivity index (χ0) is 20.6. The summed E-state index contributed by atoms with van der Waals surface area (Å²) in [5.41, 5.74) is 0. The van der Waals surface area contributed by atoms with Crippen molar-refractivity contribution in [2.75, 3.05) is 6.61 Å². The van der Waals surface area contributed by atoms with E-state index in [1.165, 1.54) is 51.0 Å². The molecule has 1 aromatic rings. The molecule has 28 heavy (non-hydrogen) atoms. The van der Waals surface area contributed by atoms with Gasteiger partial charge in [0.15, 0.2) is 5.75 Å². The van der Waals surface area contributed by atoms with Crippen LogP contribution in [0.4, 0.5) is 0 Å². The van der Waals surface area contributed by atoms with E-state index in [-0.39, 0.29) is 15.8 Å². The highest BCUT2D eigenvalue weighted by Gasteiger charge is 2.09. The Labute approximate surface area is 178 Å². The summed E-state index contributed by atoms with van der Waals surface area (Å²) in [5.74, 6) is -1.15. The Balaban J connectivity index is 2.08. The first-order valence-electron chi connectivity index (χ1n) is 10.0. The largest absolute Gasteiger partial charge is 0.463 e. The number of unbranched alkanes of at least 4 members (excludes halogenated alkanes) is 9. The summed E-state index contributed by atoms with van der Waals surface area (Å²) in [5, 5.41) is 0.432. The lowest BCUT2D eigenvalue weighted by Gasteiger charge is -2.05. The van der Waals surface area contributed by atoms with Crippen LogP contribution < -0.4 is 4.74 Å². The molecular weight excluding hydrogens is 399 g/mol. The third kappa shape index (κ3) is 11.4. The van der Waals surface area contributed by atoms with E-state index in [0.29, 0.717) is 6.61 Å². The SMILES string of the molecule is CCCCCCCCCCCCOC(=O)/C=C/C(=O)Oc1cccc(Cl)c1Cl. The Hall–Kier alpha value is -1.52. The number of carbonyl (C=O) groups excluding carboxylic acids is 2. The molecule has 0 spiro atoms. The van der Waals surface area contributed by atoms with Crippen LogP contribution in [-0.4, -0.2) is 18.5 Å². The maximum atomic E-state index is 11.7. The number of rotatable bonds is 14. The number of carbonyl (C=O) groups is 2. The molecule has 0 radical (unpaired) electrons. The lowest BCUT2D eigenvalue weighted by molar-refractivity contribution is -0.138. The lowest BCUT2D eigenvalue weighted by atomic mass is 10.1. The van der Waals surface area contributed by atoms with Gasteiger partial charge in [0.25, 0.3) is 0 Å². The summed E-state index contributed by atoms with van der Waals surface area (Å²) < 4.78 is 10.1. The Kier molecular flexibility index (Phi) is 13.5. The first-order valence-corrected chi connectivity index (χ1v) is 10.8. The highest BCUT2D eigenvalue weighted by molar-refractivity contribution is 6.43. The third-order valence-corrected chi connectivity index (χ3v) is 5.03. The van der Waals surface area contributed by atoms with Gasteiger partial charge in [-0.1, -0.05) is 94.0 Å². The van der Waals surface area contributed by atoms with Crippen molar-refractivity contribution in [1.82, 2.24) is 0 Å². The molecular formula is C22H30Cl2O4. The molecule has 0 aliphatic heterocycles. The van der Waals surface area contributed by atoms with Gasteiger partial charge in [0.2, 0.25) is 0 Å². The van der Waals surface area contributed by atoms with Crippen molar-refractivity contribution >= 4 is 35.1 Å². The molecule has 1 aromatic carbocycles. The van der Waals surface area contributed by atoms with Crippen LogP contribution in [0, 0.1) is 0 Å². The highest BCUT2D eigenvalue weighted by atomic mass is 35.5. The van der Waals surface area contributed by atoms with Crippen LogP contribution in [0.5, 0.6) is 5.75 Å². The molecule has 0 aliphatic carbocycles. The summed E-state index contributed by atoms with van der Waals surface area (Å²) in [6.07, 6.45) is 14.2. The van der Waals surface area contributed by atoms with Crippen molar-refractivity contribution in [2.45, 2.75) is 71.1 Å². The molecule has 0 saturated heterocycles. The van der Waals surface area contributed by atoms with Crippen LogP contribution in [0.1, 0.15) is 71.1 Å². The molecule has 156 valence electrons. The molecule has 6 heteroatoms. The summed E-state index contributed by atoms with van der Waals surface area (Å²) in [6.45, 7) is 2.58. The monoisotopic (exact) mass is 428 g/mol. The molecule has 0 heterocycles. The minimum absolute atomic E-state index is 0.141. The Morgan fingerprint density at radius 1 is 0.857 bits per heavy atom. The van der Waals surface area contributed by atoms with Gasteiger partial charge in [-0.15, -0.1) is 0 Å². The average molecular weight is 429 g/mol. The van der Waals surface area contributed by atoms with Gasteiger partial charge < -0.3 is 9.47 Å². The molecule has 0 saturated carbocycles. The summed E-state index contributed by atoms with van der Waals surface area (Å²) in [6, 6.07) is 4.72. The predicted molar refractivity (Wildman–Crippen MR) is 114 cm³/mol. The van der Waals surface area contributed by atoms with Crippen molar-refractivity contribution in [3.63, 3.8) is 0 Å². The molecule has 0 bridgehead atoms. The average Bonchev–Trinajstić information content (AvgIpc) is 2.68. The molecule has 0 aliphatic rings. The predicted octanol–water partition coefficient (Wildman–Crippen LogP) is 6.92. The van der Waals surface area contributed by atoms with Crippen molar-refractivity contribution in [3.8, 4) is 5.75 Å². The highest BCUT2D eigenvalue weighted by Crippen LogP contribution is 2.31. The lowest BCUT2D eigenvalue weighted by Crippen LogP contribution is -2.07. The fourth-order valence-corrected chi connectivity index (χ4v) is 2.98. The maximum absolute atomic E-state index is 11.7. The normalized spacial score (nSPS) is 11.0. The molecule has 0 atom stereocenters. The molecule has 0 aromatic heterocycles. The van der Waals surface area contributed by atoms with E-state index in [9.17, 15) is 9.59 Å². The molecule has 0 N–H and O–H groups in total.